The highest BCUT2D eigenvalue weighted by Crippen LogP contribution is 2.18. The lowest BCUT2D eigenvalue weighted by Crippen LogP contribution is -2.44. The van der Waals surface area contributed by atoms with Crippen LogP contribution >= 0.6 is 0 Å². The largest absolute Gasteiger partial charge is 0.338 e. The van der Waals surface area contributed by atoms with Crippen LogP contribution in [0.15, 0.2) is 43.0 Å². The number of amides is 1. The Morgan fingerprint density at radius 3 is 2.88 bits per heavy atom. The van der Waals surface area contributed by atoms with Crippen LogP contribution in [0.5, 0.6) is 0 Å². The van der Waals surface area contributed by atoms with Gasteiger partial charge in [0.2, 0.25) is 5.91 Å². The zero-order valence-corrected chi connectivity index (χ0v) is 14.9. The van der Waals surface area contributed by atoms with Crippen LogP contribution in [0.4, 0.5) is 0 Å². The molecule has 6 nitrogen and oxygen atoms in total. The molecule has 2 heterocycles. The number of benzene rings is 1. The first-order valence-electron chi connectivity index (χ1n) is 9.11. The maximum Gasteiger partial charge on any atom is 0.237 e. The second-order valence-corrected chi connectivity index (χ2v) is 6.75. The van der Waals surface area contributed by atoms with E-state index < -0.39 is 0 Å². The third-order valence-electron chi connectivity index (χ3n) is 4.82. The molecule has 1 atom stereocenters. The molecule has 0 spiro atoms. The molecule has 3 rings (SSSR count). The van der Waals surface area contributed by atoms with Gasteiger partial charge in [0.15, 0.2) is 0 Å². The molecule has 1 fully saturated rings. The highest BCUT2D eigenvalue weighted by molar-refractivity contribution is 5.78. The molecule has 0 saturated carbocycles. The van der Waals surface area contributed by atoms with Gasteiger partial charge in [-0.1, -0.05) is 30.3 Å². The van der Waals surface area contributed by atoms with Crippen LogP contribution in [-0.4, -0.2) is 56.7 Å². The molecule has 0 bridgehead atoms. The number of carbonyl (C=O) groups excluding carboxylic acids is 1. The number of piperidine rings is 1. The van der Waals surface area contributed by atoms with Gasteiger partial charge in [0.05, 0.1) is 6.54 Å². The summed E-state index contributed by atoms with van der Waals surface area (Å²) < 4.78 is 1.89. The van der Waals surface area contributed by atoms with E-state index in [0.29, 0.717) is 19.0 Å². The van der Waals surface area contributed by atoms with Gasteiger partial charge in [-0.05, 0) is 37.8 Å². The summed E-state index contributed by atoms with van der Waals surface area (Å²) in [5, 5.41) is 4.20. The molecule has 2 aromatic rings. The molecule has 1 aromatic carbocycles. The number of carbonyl (C=O) groups is 1. The Labute approximate surface area is 149 Å². The van der Waals surface area contributed by atoms with Crippen LogP contribution in [0.3, 0.4) is 0 Å². The minimum atomic E-state index is 0.216. The van der Waals surface area contributed by atoms with Crippen molar-refractivity contribution in [2.45, 2.75) is 32.9 Å². The number of rotatable bonds is 7. The lowest BCUT2D eigenvalue weighted by molar-refractivity contribution is -0.133. The summed E-state index contributed by atoms with van der Waals surface area (Å²) >= 11 is 0. The summed E-state index contributed by atoms with van der Waals surface area (Å²) in [5.74, 6) is 0.750. The number of aromatic nitrogens is 3. The fourth-order valence-corrected chi connectivity index (χ4v) is 3.51. The van der Waals surface area contributed by atoms with Crippen molar-refractivity contribution in [2.24, 2.45) is 5.92 Å². The third kappa shape index (κ3) is 5.13. The van der Waals surface area contributed by atoms with Crippen molar-refractivity contribution in [3.05, 3.63) is 48.5 Å². The Morgan fingerprint density at radius 2 is 2.16 bits per heavy atom. The molecule has 6 heteroatoms. The number of likely N-dealkylation sites (N-methyl/N-ethyl adjacent to an activating group) is 1. The standard InChI is InChI=1S/C19H27N5O/c1-2-23(12-17-7-4-3-5-8-17)19(25)14-22-10-6-9-18(11-22)13-24-16-20-15-21-24/h3-5,7-8,15-16,18H,2,6,9-14H2,1H3/t18-/m0/s1. The molecular weight excluding hydrogens is 314 g/mol. The quantitative estimate of drug-likeness (QED) is 0.773. The van der Waals surface area contributed by atoms with Gasteiger partial charge in [0.1, 0.15) is 12.7 Å². The van der Waals surface area contributed by atoms with E-state index in [1.165, 1.54) is 12.0 Å². The van der Waals surface area contributed by atoms with E-state index in [4.69, 9.17) is 0 Å². The van der Waals surface area contributed by atoms with Crippen molar-refractivity contribution in [3.63, 3.8) is 0 Å². The van der Waals surface area contributed by atoms with Crippen LogP contribution in [0.2, 0.25) is 0 Å². The first-order chi connectivity index (χ1) is 12.2. The van der Waals surface area contributed by atoms with E-state index in [2.05, 4.69) is 27.1 Å². The van der Waals surface area contributed by atoms with Crippen LogP contribution < -0.4 is 0 Å². The van der Waals surface area contributed by atoms with Crippen molar-refractivity contribution in [1.29, 1.82) is 0 Å². The molecule has 0 unspecified atom stereocenters. The smallest absolute Gasteiger partial charge is 0.237 e. The molecule has 1 saturated heterocycles. The van der Waals surface area contributed by atoms with Crippen molar-refractivity contribution < 1.29 is 4.79 Å². The Morgan fingerprint density at radius 1 is 1.32 bits per heavy atom. The lowest BCUT2D eigenvalue weighted by atomic mass is 9.98. The van der Waals surface area contributed by atoms with Crippen molar-refractivity contribution in [2.75, 3.05) is 26.2 Å². The van der Waals surface area contributed by atoms with E-state index >= 15 is 0 Å². The molecule has 25 heavy (non-hydrogen) atoms. The van der Waals surface area contributed by atoms with E-state index in [0.717, 1.165) is 32.6 Å². The van der Waals surface area contributed by atoms with Gasteiger partial charge in [-0.15, -0.1) is 0 Å². The molecule has 1 aliphatic heterocycles. The molecule has 1 aliphatic rings. The fraction of sp³-hybridized carbons (Fsp3) is 0.526. The minimum absolute atomic E-state index is 0.216. The first-order valence-corrected chi connectivity index (χ1v) is 9.11. The molecule has 0 radical (unpaired) electrons. The molecule has 1 aromatic heterocycles. The topological polar surface area (TPSA) is 54.3 Å². The normalized spacial score (nSPS) is 18.2. The Bertz CT molecular complexity index is 643. The Hall–Kier alpha value is -2.21. The van der Waals surface area contributed by atoms with Gasteiger partial charge in [-0.3, -0.25) is 14.4 Å². The third-order valence-corrected chi connectivity index (χ3v) is 4.82. The van der Waals surface area contributed by atoms with Gasteiger partial charge < -0.3 is 4.90 Å². The number of nitrogens with zero attached hydrogens (tertiary/aromatic N) is 5. The lowest BCUT2D eigenvalue weighted by Gasteiger charge is -2.33. The van der Waals surface area contributed by atoms with Gasteiger partial charge in [0.25, 0.3) is 0 Å². The summed E-state index contributed by atoms with van der Waals surface area (Å²) in [7, 11) is 0. The predicted molar refractivity (Wildman–Crippen MR) is 96.7 cm³/mol. The van der Waals surface area contributed by atoms with Crippen LogP contribution in [0.1, 0.15) is 25.3 Å². The fourth-order valence-electron chi connectivity index (χ4n) is 3.51. The molecule has 134 valence electrons. The van der Waals surface area contributed by atoms with Crippen molar-refractivity contribution >= 4 is 5.91 Å². The maximum absolute atomic E-state index is 12.7. The van der Waals surface area contributed by atoms with E-state index in [9.17, 15) is 4.79 Å². The summed E-state index contributed by atoms with van der Waals surface area (Å²) in [6.07, 6.45) is 5.67. The highest BCUT2D eigenvalue weighted by Gasteiger charge is 2.23. The summed E-state index contributed by atoms with van der Waals surface area (Å²) in [6, 6.07) is 10.2. The zero-order valence-electron chi connectivity index (χ0n) is 14.9. The Kier molecular flexibility index (Phi) is 6.17. The molecule has 1 amide bonds. The van der Waals surface area contributed by atoms with Crippen LogP contribution in [-0.2, 0) is 17.9 Å². The molecule has 0 aliphatic carbocycles. The van der Waals surface area contributed by atoms with Gasteiger partial charge >= 0.3 is 0 Å². The molecule has 0 N–H and O–H groups in total. The van der Waals surface area contributed by atoms with Gasteiger partial charge in [-0.2, -0.15) is 5.10 Å². The predicted octanol–water partition coefficient (Wildman–Crippen LogP) is 2.04. The zero-order chi connectivity index (χ0) is 17.5. The second-order valence-electron chi connectivity index (χ2n) is 6.75. The number of hydrogen-bond donors (Lipinski definition) is 0. The maximum atomic E-state index is 12.7. The summed E-state index contributed by atoms with van der Waals surface area (Å²) in [6.45, 7) is 6.82. The molecular formula is C19H27N5O. The monoisotopic (exact) mass is 341 g/mol. The first kappa shape index (κ1) is 17.6. The minimum Gasteiger partial charge on any atom is -0.338 e. The van der Waals surface area contributed by atoms with E-state index in [1.807, 2.05) is 34.7 Å². The van der Waals surface area contributed by atoms with E-state index in [1.54, 1.807) is 12.7 Å². The number of hydrogen-bond acceptors (Lipinski definition) is 4. The van der Waals surface area contributed by atoms with Gasteiger partial charge in [-0.25, -0.2) is 4.98 Å². The average molecular weight is 341 g/mol. The van der Waals surface area contributed by atoms with Crippen LogP contribution in [0, 0.1) is 5.92 Å². The highest BCUT2D eigenvalue weighted by atomic mass is 16.2. The summed E-state index contributed by atoms with van der Waals surface area (Å²) in [4.78, 5) is 21.0. The Balaban J connectivity index is 1.52. The van der Waals surface area contributed by atoms with Crippen molar-refractivity contribution in [1.82, 2.24) is 24.6 Å². The average Bonchev–Trinajstić information content (AvgIpc) is 3.14. The summed E-state index contributed by atoms with van der Waals surface area (Å²) in [5.41, 5.74) is 1.18. The second kappa shape index (κ2) is 8.76. The van der Waals surface area contributed by atoms with Crippen molar-refractivity contribution in [3.8, 4) is 0 Å². The van der Waals surface area contributed by atoms with Crippen LogP contribution in [0.25, 0.3) is 0 Å². The SMILES string of the molecule is CCN(Cc1ccccc1)C(=O)CN1CCC[C@H](Cn2cncn2)C1. The van der Waals surface area contributed by atoms with Gasteiger partial charge in [0, 0.05) is 26.2 Å². The van der Waals surface area contributed by atoms with E-state index in [-0.39, 0.29) is 5.91 Å². The number of likely N-dealkylation sites (tertiary alicyclic amines) is 1.